The minimum absolute atomic E-state index is 0.371. The van der Waals surface area contributed by atoms with Crippen molar-refractivity contribution in [3.63, 3.8) is 0 Å². The van der Waals surface area contributed by atoms with Gasteiger partial charge in [-0.15, -0.1) is 0 Å². The van der Waals surface area contributed by atoms with E-state index in [0.29, 0.717) is 6.42 Å². The second kappa shape index (κ2) is 6.06. The lowest BCUT2D eigenvalue weighted by Gasteiger charge is -2.20. The molecule has 0 radical (unpaired) electrons. The molecular weight excluding hydrogens is 242 g/mol. The van der Waals surface area contributed by atoms with Gasteiger partial charge >= 0.3 is 6.09 Å². The van der Waals surface area contributed by atoms with Gasteiger partial charge in [0.15, 0.2) is 0 Å². The Morgan fingerprint density at radius 1 is 1.42 bits per heavy atom. The highest BCUT2D eigenvalue weighted by Gasteiger charge is 2.16. The third-order valence-corrected chi connectivity index (χ3v) is 2.46. The monoisotopic (exact) mass is 265 g/mol. The zero-order chi connectivity index (χ0) is 14.6. The predicted molar refractivity (Wildman–Crippen MR) is 76.4 cm³/mol. The Balaban J connectivity index is 2.72. The highest BCUT2D eigenvalue weighted by atomic mass is 16.6. The maximum atomic E-state index is 11.7. The zero-order valence-electron chi connectivity index (χ0n) is 12.3. The summed E-state index contributed by atoms with van der Waals surface area (Å²) in [7, 11) is 0. The lowest BCUT2D eigenvalue weighted by molar-refractivity contribution is 0.0635. The van der Waals surface area contributed by atoms with Crippen molar-refractivity contribution in [3.05, 3.63) is 29.3 Å². The van der Waals surface area contributed by atoms with Crippen LogP contribution in [0, 0.1) is 6.92 Å². The molecule has 0 saturated carbocycles. The average Bonchev–Trinajstić information content (AvgIpc) is 2.18. The van der Waals surface area contributed by atoms with E-state index in [2.05, 4.69) is 5.32 Å². The number of aryl methyl sites for hydroxylation is 1. The molecule has 0 heterocycles. The molecule has 1 aromatic rings. The first-order valence-electron chi connectivity index (χ1n) is 6.45. The minimum Gasteiger partial charge on any atom is -0.444 e. The molecule has 19 heavy (non-hydrogen) atoms. The number of anilines is 1. The first-order valence-corrected chi connectivity index (χ1v) is 6.45. The van der Waals surface area contributed by atoms with E-state index < -0.39 is 11.7 Å². The van der Waals surface area contributed by atoms with Gasteiger partial charge in [-0.3, -0.25) is 5.32 Å². The van der Waals surface area contributed by atoms with Crippen LogP contribution in [0.3, 0.4) is 0 Å². The van der Waals surface area contributed by atoms with Crippen LogP contribution >= 0.6 is 0 Å². The molecule has 0 spiro atoms. The summed E-state index contributed by atoms with van der Waals surface area (Å²) in [5, 5.41) is 12.1. The van der Waals surface area contributed by atoms with Gasteiger partial charge in [-0.05, 0) is 58.2 Å². The fourth-order valence-electron chi connectivity index (χ4n) is 1.75. The molecule has 0 unspecified atom stereocenters. The van der Waals surface area contributed by atoms with E-state index in [-0.39, 0.29) is 6.10 Å². The molecule has 4 heteroatoms. The van der Waals surface area contributed by atoms with Crippen molar-refractivity contribution in [1.82, 2.24) is 0 Å². The molecule has 0 saturated heterocycles. The van der Waals surface area contributed by atoms with Gasteiger partial charge in [0.25, 0.3) is 0 Å². The van der Waals surface area contributed by atoms with E-state index in [0.717, 1.165) is 16.8 Å². The first-order chi connectivity index (χ1) is 8.67. The SMILES string of the molecule is Cc1cc(C[C@H](C)O)ccc1NC(=O)OC(C)(C)C. The lowest BCUT2D eigenvalue weighted by Crippen LogP contribution is -2.27. The van der Waals surface area contributed by atoms with Crippen molar-refractivity contribution in [2.75, 3.05) is 5.32 Å². The molecule has 0 aliphatic rings. The number of amides is 1. The van der Waals surface area contributed by atoms with Gasteiger partial charge in [0.05, 0.1) is 6.10 Å². The Bertz CT molecular complexity index is 447. The summed E-state index contributed by atoms with van der Waals surface area (Å²) >= 11 is 0. The summed E-state index contributed by atoms with van der Waals surface area (Å²) in [5.74, 6) is 0. The number of nitrogens with one attached hydrogen (secondary N) is 1. The largest absolute Gasteiger partial charge is 0.444 e. The van der Waals surface area contributed by atoms with E-state index in [4.69, 9.17) is 4.74 Å². The zero-order valence-corrected chi connectivity index (χ0v) is 12.3. The Morgan fingerprint density at radius 2 is 2.05 bits per heavy atom. The average molecular weight is 265 g/mol. The normalized spacial score (nSPS) is 12.9. The number of rotatable bonds is 3. The fourth-order valence-corrected chi connectivity index (χ4v) is 1.75. The van der Waals surface area contributed by atoms with Crippen LogP contribution in [-0.2, 0) is 11.2 Å². The molecule has 0 bridgehead atoms. The Labute approximate surface area is 114 Å². The van der Waals surface area contributed by atoms with Crippen LogP contribution in [0.2, 0.25) is 0 Å². The van der Waals surface area contributed by atoms with Crippen molar-refractivity contribution in [3.8, 4) is 0 Å². The van der Waals surface area contributed by atoms with E-state index in [1.165, 1.54) is 0 Å². The third kappa shape index (κ3) is 5.75. The lowest BCUT2D eigenvalue weighted by atomic mass is 10.0. The van der Waals surface area contributed by atoms with Crippen LogP contribution in [-0.4, -0.2) is 22.9 Å². The summed E-state index contributed by atoms with van der Waals surface area (Å²) in [5.41, 5.74) is 2.21. The van der Waals surface area contributed by atoms with E-state index >= 15 is 0 Å². The van der Waals surface area contributed by atoms with Gasteiger partial charge in [-0.25, -0.2) is 4.79 Å². The van der Waals surface area contributed by atoms with E-state index in [1.807, 2.05) is 45.9 Å². The van der Waals surface area contributed by atoms with Crippen LogP contribution in [0.5, 0.6) is 0 Å². The maximum absolute atomic E-state index is 11.7. The van der Waals surface area contributed by atoms with Gasteiger partial charge in [-0.2, -0.15) is 0 Å². The topological polar surface area (TPSA) is 58.6 Å². The first kappa shape index (κ1) is 15.5. The molecule has 0 aliphatic heterocycles. The van der Waals surface area contributed by atoms with Gasteiger partial charge in [0.2, 0.25) is 0 Å². The molecule has 0 aliphatic carbocycles. The smallest absolute Gasteiger partial charge is 0.412 e. The number of hydrogen-bond acceptors (Lipinski definition) is 3. The number of ether oxygens (including phenoxy) is 1. The molecule has 2 N–H and O–H groups in total. The second-order valence-electron chi connectivity index (χ2n) is 5.83. The summed E-state index contributed by atoms with van der Waals surface area (Å²) in [6, 6.07) is 5.68. The summed E-state index contributed by atoms with van der Waals surface area (Å²) in [4.78, 5) is 11.7. The van der Waals surface area contributed by atoms with Crippen LogP contribution in [0.1, 0.15) is 38.8 Å². The van der Waals surface area contributed by atoms with Crippen molar-refractivity contribution in [2.45, 2.75) is 52.7 Å². The maximum Gasteiger partial charge on any atom is 0.412 e. The van der Waals surface area contributed by atoms with Crippen molar-refractivity contribution < 1.29 is 14.6 Å². The molecule has 1 rings (SSSR count). The molecule has 1 amide bonds. The molecule has 106 valence electrons. The fraction of sp³-hybridized carbons (Fsp3) is 0.533. The van der Waals surface area contributed by atoms with Crippen LogP contribution in [0.25, 0.3) is 0 Å². The molecule has 0 fully saturated rings. The number of aliphatic hydroxyl groups is 1. The van der Waals surface area contributed by atoms with Gasteiger partial charge < -0.3 is 9.84 Å². The standard InChI is InChI=1S/C15H23NO3/c1-10-8-12(9-11(2)17)6-7-13(10)16-14(18)19-15(3,4)5/h6-8,11,17H,9H2,1-5H3,(H,16,18)/t11-/m0/s1. The summed E-state index contributed by atoms with van der Waals surface area (Å²) in [6.45, 7) is 9.14. The Hall–Kier alpha value is -1.55. The quantitative estimate of drug-likeness (QED) is 0.882. The molecule has 1 aromatic carbocycles. The molecule has 1 atom stereocenters. The number of aliphatic hydroxyl groups excluding tert-OH is 1. The summed E-state index contributed by atoms with van der Waals surface area (Å²) < 4.78 is 5.20. The van der Waals surface area contributed by atoms with E-state index in [9.17, 15) is 9.90 Å². The Kier molecular flexibility index (Phi) is 4.95. The van der Waals surface area contributed by atoms with Crippen molar-refractivity contribution in [2.24, 2.45) is 0 Å². The number of carbonyl (C=O) groups excluding carboxylic acids is 1. The number of carbonyl (C=O) groups is 1. The summed E-state index contributed by atoms with van der Waals surface area (Å²) in [6.07, 6.45) is -0.226. The van der Waals surface area contributed by atoms with Gasteiger partial charge in [-0.1, -0.05) is 12.1 Å². The van der Waals surface area contributed by atoms with E-state index in [1.54, 1.807) is 6.92 Å². The van der Waals surface area contributed by atoms with Crippen molar-refractivity contribution in [1.29, 1.82) is 0 Å². The number of hydrogen-bond donors (Lipinski definition) is 2. The van der Waals surface area contributed by atoms with Crippen LogP contribution in [0.4, 0.5) is 10.5 Å². The Morgan fingerprint density at radius 3 is 2.53 bits per heavy atom. The third-order valence-electron chi connectivity index (χ3n) is 2.46. The molecular formula is C15H23NO3. The van der Waals surface area contributed by atoms with Crippen LogP contribution < -0.4 is 5.32 Å². The van der Waals surface area contributed by atoms with Crippen LogP contribution in [0.15, 0.2) is 18.2 Å². The van der Waals surface area contributed by atoms with Gasteiger partial charge in [0, 0.05) is 5.69 Å². The molecule has 4 nitrogen and oxygen atoms in total. The van der Waals surface area contributed by atoms with Crippen molar-refractivity contribution >= 4 is 11.8 Å². The highest BCUT2D eigenvalue weighted by molar-refractivity contribution is 5.85. The second-order valence-corrected chi connectivity index (χ2v) is 5.83. The minimum atomic E-state index is -0.510. The predicted octanol–water partition coefficient (Wildman–Crippen LogP) is 3.27. The van der Waals surface area contributed by atoms with Gasteiger partial charge in [0.1, 0.15) is 5.60 Å². The number of benzene rings is 1. The molecule has 0 aromatic heterocycles. The highest BCUT2D eigenvalue weighted by Crippen LogP contribution is 2.19.